The minimum absolute atomic E-state index is 0.216. The Balaban J connectivity index is 1.33. The molecule has 1 aliphatic carbocycles. The molecule has 4 nitrogen and oxygen atoms in total. The molecule has 1 heterocycles. The maximum absolute atomic E-state index is 11.2. The van der Waals surface area contributed by atoms with E-state index >= 15 is 0 Å². The summed E-state index contributed by atoms with van der Waals surface area (Å²) in [5.41, 5.74) is 1.24. The van der Waals surface area contributed by atoms with E-state index in [1.54, 1.807) is 0 Å². The van der Waals surface area contributed by atoms with Gasteiger partial charge >= 0.3 is 5.97 Å². The molecule has 0 amide bonds. The third-order valence-electron chi connectivity index (χ3n) is 6.97. The van der Waals surface area contributed by atoms with E-state index in [0.29, 0.717) is 12.6 Å². The highest BCUT2D eigenvalue weighted by Gasteiger charge is 2.27. The number of carbonyl (C=O) groups is 1. The summed E-state index contributed by atoms with van der Waals surface area (Å²) in [4.78, 5) is 13.4. The number of carboxylic acids is 1. The topological polar surface area (TPSA) is 49.8 Å². The van der Waals surface area contributed by atoms with E-state index in [4.69, 9.17) is 4.74 Å². The van der Waals surface area contributed by atoms with Crippen LogP contribution >= 0.6 is 0 Å². The molecule has 0 aromatic heterocycles. The number of benzene rings is 2. The molecule has 1 atom stereocenters. The normalized spacial score (nSPS) is 24.9. The van der Waals surface area contributed by atoms with Gasteiger partial charge in [-0.25, -0.2) is 0 Å². The van der Waals surface area contributed by atoms with Gasteiger partial charge in [0.2, 0.25) is 0 Å². The first-order valence-corrected chi connectivity index (χ1v) is 11.7. The van der Waals surface area contributed by atoms with Gasteiger partial charge in [-0.3, -0.25) is 9.69 Å². The second-order valence-corrected chi connectivity index (χ2v) is 9.31. The molecule has 2 aromatic carbocycles. The van der Waals surface area contributed by atoms with Crippen LogP contribution in [0.5, 0.6) is 5.75 Å². The number of carboxylic acid groups (broad SMARTS) is 1. The van der Waals surface area contributed by atoms with Crippen LogP contribution in [0.15, 0.2) is 36.4 Å². The largest absolute Gasteiger partial charge is 0.490 e. The van der Waals surface area contributed by atoms with Gasteiger partial charge in [-0.05, 0) is 79.1 Å². The van der Waals surface area contributed by atoms with Crippen LogP contribution in [0, 0.1) is 11.8 Å². The van der Waals surface area contributed by atoms with Crippen molar-refractivity contribution in [1.29, 1.82) is 0 Å². The summed E-state index contributed by atoms with van der Waals surface area (Å²) in [5, 5.41) is 11.6. The number of hydrogen-bond acceptors (Lipinski definition) is 3. The molecule has 2 aromatic rings. The number of rotatable bonds is 8. The van der Waals surface area contributed by atoms with Crippen molar-refractivity contribution in [3.63, 3.8) is 0 Å². The van der Waals surface area contributed by atoms with Gasteiger partial charge in [0, 0.05) is 13.1 Å². The molecule has 0 radical (unpaired) electrons. The van der Waals surface area contributed by atoms with Gasteiger partial charge < -0.3 is 9.84 Å². The van der Waals surface area contributed by atoms with Crippen LogP contribution in [0.4, 0.5) is 0 Å². The van der Waals surface area contributed by atoms with Crippen molar-refractivity contribution in [2.75, 3.05) is 13.1 Å². The SMILES string of the molecule is CCCCC1CCC(Oc2ccc3cc(CN4CCC(C(=O)O)C4)ccc3c2)CC1. The van der Waals surface area contributed by atoms with Gasteiger partial charge in [-0.2, -0.15) is 0 Å². The quantitative estimate of drug-likeness (QED) is 0.592. The zero-order chi connectivity index (χ0) is 20.9. The molecule has 4 heteroatoms. The summed E-state index contributed by atoms with van der Waals surface area (Å²) in [6.07, 6.45) is 10.1. The average Bonchev–Trinajstić information content (AvgIpc) is 3.22. The molecule has 0 spiro atoms. The summed E-state index contributed by atoms with van der Waals surface area (Å²) in [5.74, 6) is 1.00. The number of fused-ring (bicyclic) bond motifs is 1. The van der Waals surface area contributed by atoms with E-state index in [0.717, 1.165) is 31.2 Å². The maximum Gasteiger partial charge on any atom is 0.307 e. The molecule has 4 rings (SSSR count). The van der Waals surface area contributed by atoms with Gasteiger partial charge in [-0.1, -0.05) is 44.4 Å². The van der Waals surface area contributed by atoms with Gasteiger partial charge in [-0.15, -0.1) is 0 Å². The molecule has 2 fully saturated rings. The Bertz CT molecular complexity index is 856. The van der Waals surface area contributed by atoms with E-state index in [1.807, 2.05) is 0 Å². The van der Waals surface area contributed by atoms with Crippen molar-refractivity contribution >= 4 is 16.7 Å². The number of hydrogen-bond donors (Lipinski definition) is 1. The molecule has 1 aliphatic heterocycles. The van der Waals surface area contributed by atoms with E-state index in [-0.39, 0.29) is 5.92 Å². The van der Waals surface area contributed by atoms with E-state index in [2.05, 4.69) is 48.2 Å². The van der Waals surface area contributed by atoms with Crippen molar-refractivity contribution in [2.45, 2.75) is 70.9 Å². The number of unbranched alkanes of at least 4 members (excludes halogenated alkanes) is 1. The van der Waals surface area contributed by atoms with Crippen molar-refractivity contribution in [3.05, 3.63) is 42.0 Å². The third-order valence-corrected chi connectivity index (χ3v) is 6.97. The predicted octanol–water partition coefficient (Wildman–Crippen LogP) is 5.87. The van der Waals surface area contributed by atoms with Crippen LogP contribution < -0.4 is 4.74 Å². The summed E-state index contributed by atoms with van der Waals surface area (Å²) in [6.45, 7) is 4.61. The predicted molar refractivity (Wildman–Crippen MR) is 121 cm³/mol. The van der Waals surface area contributed by atoms with Crippen molar-refractivity contribution in [3.8, 4) is 5.75 Å². The van der Waals surface area contributed by atoms with E-state index < -0.39 is 5.97 Å². The number of nitrogens with zero attached hydrogens (tertiary/aromatic N) is 1. The highest BCUT2D eigenvalue weighted by atomic mass is 16.5. The Morgan fingerprint density at radius 2 is 1.83 bits per heavy atom. The lowest BCUT2D eigenvalue weighted by atomic mass is 9.84. The fourth-order valence-electron chi connectivity index (χ4n) is 5.10. The van der Waals surface area contributed by atoms with Crippen molar-refractivity contribution < 1.29 is 14.6 Å². The van der Waals surface area contributed by atoms with E-state index in [9.17, 15) is 9.90 Å². The lowest BCUT2D eigenvalue weighted by Gasteiger charge is -2.29. The van der Waals surface area contributed by atoms with E-state index in [1.165, 1.54) is 61.3 Å². The minimum Gasteiger partial charge on any atom is -0.490 e. The molecule has 2 aliphatic rings. The fraction of sp³-hybridized carbons (Fsp3) is 0.577. The van der Waals surface area contributed by atoms with Crippen LogP contribution in [0.2, 0.25) is 0 Å². The molecule has 1 saturated heterocycles. The molecule has 1 N–H and O–H groups in total. The second kappa shape index (κ2) is 9.82. The molecule has 162 valence electrons. The number of likely N-dealkylation sites (tertiary alicyclic amines) is 1. The Labute approximate surface area is 180 Å². The van der Waals surface area contributed by atoms with Crippen LogP contribution in [0.3, 0.4) is 0 Å². The highest BCUT2D eigenvalue weighted by Crippen LogP contribution is 2.32. The average molecular weight is 410 g/mol. The zero-order valence-corrected chi connectivity index (χ0v) is 18.2. The summed E-state index contributed by atoms with van der Waals surface area (Å²) in [7, 11) is 0. The Kier molecular flexibility index (Phi) is 6.93. The summed E-state index contributed by atoms with van der Waals surface area (Å²) < 4.78 is 6.32. The molecule has 1 unspecified atom stereocenters. The van der Waals surface area contributed by atoms with Gasteiger partial charge in [0.1, 0.15) is 5.75 Å². The first kappa shape index (κ1) is 21.2. The van der Waals surface area contributed by atoms with Gasteiger partial charge in [0.15, 0.2) is 0 Å². The smallest absolute Gasteiger partial charge is 0.307 e. The molecular formula is C26H35NO3. The fourth-order valence-corrected chi connectivity index (χ4v) is 5.10. The molecule has 0 bridgehead atoms. The zero-order valence-electron chi connectivity index (χ0n) is 18.2. The molecular weight excluding hydrogens is 374 g/mol. The Morgan fingerprint density at radius 1 is 1.07 bits per heavy atom. The number of ether oxygens (including phenoxy) is 1. The van der Waals surface area contributed by atoms with Crippen LogP contribution in [-0.2, 0) is 11.3 Å². The summed E-state index contributed by atoms with van der Waals surface area (Å²) >= 11 is 0. The Hall–Kier alpha value is -2.07. The first-order chi connectivity index (χ1) is 14.6. The van der Waals surface area contributed by atoms with Crippen molar-refractivity contribution in [2.24, 2.45) is 11.8 Å². The summed E-state index contributed by atoms with van der Waals surface area (Å²) in [6, 6.07) is 13.0. The highest BCUT2D eigenvalue weighted by molar-refractivity contribution is 5.84. The van der Waals surface area contributed by atoms with Crippen LogP contribution in [-0.4, -0.2) is 35.2 Å². The molecule has 1 saturated carbocycles. The number of aliphatic carboxylic acids is 1. The second-order valence-electron chi connectivity index (χ2n) is 9.31. The minimum atomic E-state index is -0.669. The Morgan fingerprint density at radius 3 is 2.57 bits per heavy atom. The van der Waals surface area contributed by atoms with Crippen molar-refractivity contribution in [1.82, 2.24) is 4.90 Å². The maximum atomic E-state index is 11.2. The lowest BCUT2D eigenvalue weighted by molar-refractivity contribution is -0.141. The lowest BCUT2D eigenvalue weighted by Crippen LogP contribution is -2.24. The van der Waals surface area contributed by atoms with Gasteiger partial charge in [0.05, 0.1) is 12.0 Å². The standard InChI is InChI=1S/C26H35NO3/c1-2-3-4-19-6-10-24(11-7-19)30-25-12-9-21-15-20(5-8-22(21)16-25)17-27-14-13-23(18-27)26(28)29/h5,8-9,12,15-16,19,23-24H,2-4,6-7,10-11,13-14,17-18H2,1H3,(H,28,29). The van der Waals surface area contributed by atoms with Crippen LogP contribution in [0.25, 0.3) is 10.8 Å². The molecule has 30 heavy (non-hydrogen) atoms. The van der Waals surface area contributed by atoms with Gasteiger partial charge in [0.25, 0.3) is 0 Å². The van der Waals surface area contributed by atoms with Crippen LogP contribution in [0.1, 0.15) is 63.9 Å². The third kappa shape index (κ3) is 5.34. The first-order valence-electron chi connectivity index (χ1n) is 11.7. The monoisotopic (exact) mass is 409 g/mol.